The molecule has 0 radical (unpaired) electrons. The summed E-state index contributed by atoms with van der Waals surface area (Å²) in [5.41, 5.74) is 0. The van der Waals surface area contributed by atoms with Crippen LogP contribution in [0.5, 0.6) is 0 Å². The Morgan fingerprint density at radius 2 is 2.17 bits per heavy atom. The monoisotopic (exact) mass is 426 g/mol. The van der Waals surface area contributed by atoms with Crippen LogP contribution in [0.15, 0.2) is 24.0 Å². The molecule has 7 heteroatoms. The first-order chi connectivity index (χ1) is 14.2. The van der Waals surface area contributed by atoms with Gasteiger partial charge in [-0.2, -0.15) is 8.78 Å². The topological polar surface area (TPSA) is 76.0 Å². The van der Waals surface area contributed by atoms with Crippen molar-refractivity contribution in [2.45, 2.75) is 76.6 Å². The molecule has 0 bridgehead atoms. The maximum absolute atomic E-state index is 15.0. The number of esters is 1. The number of carbonyl (C=O) groups is 1. The number of unbranched alkanes of at least 4 members (excludes halogenated alkanes) is 1. The minimum absolute atomic E-state index is 0.113. The molecule has 0 unspecified atom stereocenters. The molecule has 6 atom stereocenters. The molecule has 2 rings (SSSR count). The minimum Gasteiger partial charge on any atom is -0.488 e. The Kier molecular flexibility index (Phi) is 8.87. The third-order valence-corrected chi connectivity index (χ3v) is 5.74. The van der Waals surface area contributed by atoms with Gasteiger partial charge in [-0.1, -0.05) is 26.0 Å². The maximum atomic E-state index is 15.0. The fourth-order valence-corrected chi connectivity index (χ4v) is 3.96. The van der Waals surface area contributed by atoms with Gasteiger partial charge in [0.25, 0.3) is 0 Å². The van der Waals surface area contributed by atoms with Gasteiger partial charge in [-0.3, -0.25) is 4.79 Å². The molecule has 2 N–H and O–H groups in total. The Hall–Kier alpha value is -1.91. The summed E-state index contributed by atoms with van der Waals surface area (Å²) in [5.74, 6) is -0.208. The first-order valence-electron chi connectivity index (χ1n) is 10.5. The number of hydrogen-bond acceptors (Lipinski definition) is 5. The molecule has 1 heterocycles. The van der Waals surface area contributed by atoms with Crippen LogP contribution in [-0.2, 0) is 14.3 Å². The summed E-state index contributed by atoms with van der Waals surface area (Å²) >= 11 is 0. The number of methoxy groups -OCH3 is 1. The number of aliphatic hydroxyl groups excluding tert-OH is 2. The fourth-order valence-electron chi connectivity index (χ4n) is 3.96. The van der Waals surface area contributed by atoms with E-state index in [9.17, 15) is 15.0 Å². The van der Waals surface area contributed by atoms with E-state index >= 15 is 8.78 Å². The predicted molar refractivity (Wildman–Crippen MR) is 108 cm³/mol. The summed E-state index contributed by atoms with van der Waals surface area (Å²) in [6, 6.07) is 0. The Morgan fingerprint density at radius 1 is 1.43 bits per heavy atom. The molecule has 1 saturated heterocycles. The molecule has 1 saturated carbocycles. The zero-order chi connectivity index (χ0) is 22.3. The van der Waals surface area contributed by atoms with Crippen molar-refractivity contribution in [2.75, 3.05) is 7.11 Å². The zero-order valence-corrected chi connectivity index (χ0v) is 17.8. The van der Waals surface area contributed by atoms with E-state index < -0.39 is 41.8 Å². The number of rotatable bonds is 8. The lowest BCUT2D eigenvalue weighted by Gasteiger charge is -2.23. The fraction of sp³-hybridized carbons (Fsp3) is 0.696. The van der Waals surface area contributed by atoms with E-state index in [1.807, 2.05) is 13.8 Å². The molecule has 30 heavy (non-hydrogen) atoms. The SMILES string of the molecule is CCC#CC[C@H](C)[C@@H](O)C=C[C@@H]1[C@@H]2[C@H](C[C@H]1O)OC(=CCCCC(=O)OC)C2(F)F. The number of allylic oxidation sites excluding steroid dienone is 2. The van der Waals surface area contributed by atoms with Crippen molar-refractivity contribution in [1.82, 2.24) is 0 Å². The average Bonchev–Trinajstić information content (AvgIpc) is 3.15. The molecule has 168 valence electrons. The Morgan fingerprint density at radius 3 is 2.83 bits per heavy atom. The van der Waals surface area contributed by atoms with Crippen LogP contribution in [0.1, 0.15) is 52.4 Å². The third kappa shape index (κ3) is 5.83. The molecule has 0 aromatic carbocycles. The number of alkyl halides is 2. The quantitative estimate of drug-likeness (QED) is 0.268. The number of ether oxygens (including phenoxy) is 2. The van der Waals surface area contributed by atoms with Gasteiger partial charge >= 0.3 is 11.9 Å². The van der Waals surface area contributed by atoms with E-state index in [0.717, 1.165) is 6.42 Å². The highest BCUT2D eigenvalue weighted by Gasteiger charge is 2.63. The molecule has 1 aliphatic carbocycles. The van der Waals surface area contributed by atoms with E-state index in [1.165, 1.54) is 25.3 Å². The zero-order valence-electron chi connectivity index (χ0n) is 17.8. The van der Waals surface area contributed by atoms with E-state index in [0.29, 0.717) is 12.8 Å². The largest absolute Gasteiger partial charge is 0.488 e. The summed E-state index contributed by atoms with van der Waals surface area (Å²) in [7, 11) is 1.28. The summed E-state index contributed by atoms with van der Waals surface area (Å²) in [6.07, 6.45) is 3.95. The van der Waals surface area contributed by atoms with Crippen molar-refractivity contribution in [1.29, 1.82) is 0 Å². The molecule has 1 aliphatic heterocycles. The maximum Gasteiger partial charge on any atom is 0.310 e. The van der Waals surface area contributed by atoms with Crippen molar-refractivity contribution in [2.24, 2.45) is 17.8 Å². The van der Waals surface area contributed by atoms with Gasteiger partial charge in [0, 0.05) is 31.6 Å². The highest BCUT2D eigenvalue weighted by atomic mass is 19.3. The Bertz CT molecular complexity index is 706. The second-order valence-corrected chi connectivity index (χ2v) is 7.99. The van der Waals surface area contributed by atoms with Gasteiger partial charge in [0.2, 0.25) is 0 Å². The van der Waals surface area contributed by atoms with Crippen LogP contribution in [-0.4, -0.2) is 47.5 Å². The van der Waals surface area contributed by atoms with Crippen molar-refractivity contribution in [3.63, 3.8) is 0 Å². The van der Waals surface area contributed by atoms with Crippen LogP contribution >= 0.6 is 0 Å². The van der Waals surface area contributed by atoms with Gasteiger partial charge in [-0.05, 0) is 24.8 Å². The van der Waals surface area contributed by atoms with Crippen molar-refractivity contribution >= 4 is 5.97 Å². The molecule has 0 aromatic rings. The van der Waals surface area contributed by atoms with Gasteiger partial charge in [0.05, 0.1) is 25.2 Å². The predicted octanol–water partition coefficient (Wildman–Crippen LogP) is 3.60. The van der Waals surface area contributed by atoms with Gasteiger partial charge in [-0.15, -0.1) is 11.8 Å². The summed E-state index contributed by atoms with van der Waals surface area (Å²) in [6.45, 7) is 3.78. The van der Waals surface area contributed by atoms with Crippen LogP contribution in [0, 0.1) is 29.6 Å². The number of fused-ring (bicyclic) bond motifs is 1. The summed E-state index contributed by atoms with van der Waals surface area (Å²) in [5, 5.41) is 20.6. The van der Waals surface area contributed by atoms with Crippen molar-refractivity contribution in [3.8, 4) is 11.8 Å². The lowest BCUT2D eigenvalue weighted by atomic mass is 9.87. The van der Waals surface area contributed by atoms with Crippen LogP contribution in [0.3, 0.4) is 0 Å². The van der Waals surface area contributed by atoms with E-state index in [1.54, 1.807) is 0 Å². The lowest BCUT2D eigenvalue weighted by molar-refractivity contribution is -0.140. The van der Waals surface area contributed by atoms with Crippen molar-refractivity contribution in [3.05, 3.63) is 24.0 Å². The van der Waals surface area contributed by atoms with Gasteiger partial charge in [0.1, 0.15) is 6.10 Å². The third-order valence-electron chi connectivity index (χ3n) is 5.74. The summed E-state index contributed by atoms with van der Waals surface area (Å²) in [4.78, 5) is 11.1. The highest BCUT2D eigenvalue weighted by molar-refractivity contribution is 5.69. The first-order valence-corrected chi connectivity index (χ1v) is 10.5. The van der Waals surface area contributed by atoms with Crippen LogP contribution in [0.25, 0.3) is 0 Å². The minimum atomic E-state index is -3.22. The molecular formula is C23H32F2O5. The molecular weight excluding hydrogens is 394 g/mol. The Balaban J connectivity index is 2.03. The second-order valence-electron chi connectivity index (χ2n) is 7.99. The smallest absolute Gasteiger partial charge is 0.310 e. The van der Waals surface area contributed by atoms with Gasteiger partial charge in [0.15, 0.2) is 5.76 Å². The molecule has 5 nitrogen and oxygen atoms in total. The van der Waals surface area contributed by atoms with E-state index in [-0.39, 0.29) is 31.1 Å². The second kappa shape index (κ2) is 10.9. The number of hydrogen-bond donors (Lipinski definition) is 2. The van der Waals surface area contributed by atoms with Crippen LogP contribution in [0.4, 0.5) is 8.78 Å². The molecule has 0 amide bonds. The number of halogens is 2. The Labute approximate surface area is 177 Å². The first kappa shape index (κ1) is 24.4. The molecule has 0 aromatic heterocycles. The normalized spacial score (nSPS) is 30.4. The molecule has 2 fully saturated rings. The number of aliphatic hydroxyl groups is 2. The number of carbonyl (C=O) groups excluding carboxylic acids is 1. The lowest BCUT2D eigenvalue weighted by Crippen LogP contribution is -2.33. The van der Waals surface area contributed by atoms with E-state index in [2.05, 4.69) is 16.6 Å². The van der Waals surface area contributed by atoms with Gasteiger partial charge < -0.3 is 19.7 Å². The van der Waals surface area contributed by atoms with Crippen molar-refractivity contribution < 1.29 is 33.3 Å². The molecule has 0 spiro atoms. The van der Waals surface area contributed by atoms with E-state index in [4.69, 9.17) is 4.74 Å². The summed E-state index contributed by atoms with van der Waals surface area (Å²) < 4.78 is 40.0. The van der Waals surface area contributed by atoms with Crippen LogP contribution in [0.2, 0.25) is 0 Å². The average molecular weight is 427 g/mol. The molecule has 2 aliphatic rings. The standard InChI is InChI=1S/C23H32F2O5/c1-4-5-6-9-15(2)17(26)13-12-16-18(27)14-19-22(16)23(24,25)20(30-19)10-7-8-11-21(28)29-3/h10,12-13,15-19,22,26-27H,4,7-9,11,14H2,1-3H3/t15-,16-,17-,18+,19-,22+/m0/s1. The van der Waals surface area contributed by atoms with Gasteiger partial charge in [-0.25, -0.2) is 0 Å². The highest BCUT2D eigenvalue weighted by Crippen LogP contribution is 2.54. The van der Waals surface area contributed by atoms with Crippen LogP contribution < -0.4 is 0 Å².